The van der Waals surface area contributed by atoms with Crippen LogP contribution in [0.2, 0.25) is 0 Å². The van der Waals surface area contributed by atoms with E-state index in [-0.39, 0.29) is 0 Å². The fraction of sp³-hybridized carbons (Fsp3) is 0. The molecule has 0 spiro atoms. The average molecular weight is 744 g/mol. The minimum absolute atomic E-state index is 0.872. The van der Waals surface area contributed by atoms with E-state index in [0.717, 1.165) is 44.4 Å². The van der Waals surface area contributed by atoms with Gasteiger partial charge in [0.15, 0.2) is 0 Å². The molecule has 0 saturated heterocycles. The van der Waals surface area contributed by atoms with Crippen molar-refractivity contribution in [1.29, 1.82) is 0 Å². The topological polar surface area (TPSA) is 16.4 Å². The Balaban J connectivity index is 1.01. The molecule has 0 atom stereocenters. The molecule has 266 valence electrons. The average Bonchev–Trinajstić information content (AvgIpc) is 3.86. The number of rotatable bonds is 5. The van der Waals surface area contributed by atoms with Gasteiger partial charge in [-0.2, -0.15) is 0 Å². The van der Waals surface area contributed by atoms with Crippen molar-refractivity contribution in [3.63, 3.8) is 0 Å². The highest BCUT2D eigenvalue weighted by atomic mass is 32.1. The molecule has 12 aromatic rings. The van der Waals surface area contributed by atoms with E-state index in [1.807, 2.05) is 11.3 Å². The van der Waals surface area contributed by atoms with Gasteiger partial charge in [-0.1, -0.05) is 146 Å². The van der Waals surface area contributed by atoms with Crippen LogP contribution in [-0.4, -0.2) is 0 Å². The third kappa shape index (κ3) is 5.10. The second-order valence-electron chi connectivity index (χ2n) is 14.8. The van der Waals surface area contributed by atoms with Crippen molar-refractivity contribution in [3.05, 3.63) is 200 Å². The molecule has 57 heavy (non-hydrogen) atoms. The lowest BCUT2D eigenvalue weighted by Gasteiger charge is -2.26. The summed E-state index contributed by atoms with van der Waals surface area (Å²) in [5.41, 5.74) is 9.86. The summed E-state index contributed by atoms with van der Waals surface area (Å²) in [4.78, 5) is 2.38. The highest BCUT2D eigenvalue weighted by Gasteiger charge is 2.21. The Morgan fingerprint density at radius 2 is 0.982 bits per heavy atom. The Labute approximate surface area is 333 Å². The van der Waals surface area contributed by atoms with Crippen molar-refractivity contribution in [3.8, 4) is 22.3 Å². The van der Waals surface area contributed by atoms with Crippen LogP contribution >= 0.6 is 11.3 Å². The van der Waals surface area contributed by atoms with Gasteiger partial charge in [0, 0.05) is 42.3 Å². The summed E-state index contributed by atoms with van der Waals surface area (Å²) in [7, 11) is 0. The largest absolute Gasteiger partial charge is 0.455 e. The summed E-state index contributed by atoms with van der Waals surface area (Å²) in [6.07, 6.45) is 0. The van der Waals surface area contributed by atoms with Crippen molar-refractivity contribution in [2.24, 2.45) is 0 Å². The number of anilines is 3. The maximum atomic E-state index is 6.68. The molecule has 0 bridgehead atoms. The van der Waals surface area contributed by atoms with E-state index in [0.29, 0.717) is 0 Å². The number of hydrogen-bond acceptors (Lipinski definition) is 3. The number of nitrogens with zero attached hydrogens (tertiary/aromatic N) is 1. The second kappa shape index (κ2) is 12.7. The standard InChI is InChI=1S/C54H33NOS/c1-3-11-42-35(9-1)19-20-39-33-38(26-31-43(39)42)34-21-27-40(28-22-34)55(49-16-8-17-50-52(49)48-32-25-36-10-2-4-12-44(36)53(48)56-50)41-29-23-37(24-30-41)45-14-7-15-47-46-13-5-6-18-51(46)57-54(45)47/h1-33H. The Kier molecular flexibility index (Phi) is 7.13. The van der Waals surface area contributed by atoms with Crippen molar-refractivity contribution >= 4 is 103 Å². The lowest BCUT2D eigenvalue weighted by Crippen LogP contribution is -2.10. The predicted molar refractivity (Wildman–Crippen MR) is 245 cm³/mol. The van der Waals surface area contributed by atoms with Gasteiger partial charge in [0.1, 0.15) is 11.2 Å². The van der Waals surface area contributed by atoms with Crippen molar-refractivity contribution in [1.82, 2.24) is 0 Å². The molecular formula is C54H33NOS. The molecule has 0 aliphatic carbocycles. The van der Waals surface area contributed by atoms with E-state index in [1.54, 1.807) is 0 Å². The normalized spacial score (nSPS) is 11.9. The molecule has 2 aromatic heterocycles. The molecule has 0 saturated carbocycles. The number of hydrogen-bond donors (Lipinski definition) is 0. The third-order valence-corrected chi connectivity index (χ3v) is 12.9. The van der Waals surface area contributed by atoms with Crippen molar-refractivity contribution in [2.75, 3.05) is 4.90 Å². The molecule has 2 nitrogen and oxygen atoms in total. The van der Waals surface area contributed by atoms with Gasteiger partial charge in [-0.15, -0.1) is 11.3 Å². The lowest BCUT2D eigenvalue weighted by atomic mass is 9.97. The molecule has 0 aliphatic rings. The molecule has 0 amide bonds. The zero-order valence-corrected chi connectivity index (χ0v) is 31.6. The van der Waals surface area contributed by atoms with Crippen LogP contribution < -0.4 is 4.90 Å². The SMILES string of the molecule is c1ccc2c(c1)ccc1cc(-c3ccc(N(c4ccc(-c5cccc6c5sc5ccccc56)cc4)c4cccc5oc6c7ccccc7ccc6c45)cc3)ccc12. The summed E-state index contributed by atoms with van der Waals surface area (Å²) in [5.74, 6) is 0. The smallest absolute Gasteiger partial charge is 0.143 e. The van der Waals surface area contributed by atoms with Crippen LogP contribution in [0.4, 0.5) is 17.1 Å². The summed E-state index contributed by atoms with van der Waals surface area (Å²) >= 11 is 1.87. The van der Waals surface area contributed by atoms with E-state index in [9.17, 15) is 0 Å². The maximum absolute atomic E-state index is 6.68. The Morgan fingerprint density at radius 3 is 1.81 bits per heavy atom. The van der Waals surface area contributed by atoms with Crippen molar-refractivity contribution in [2.45, 2.75) is 0 Å². The fourth-order valence-electron chi connectivity index (χ4n) is 8.91. The molecule has 0 aliphatic heterocycles. The minimum Gasteiger partial charge on any atom is -0.455 e. The molecule has 12 rings (SSSR count). The summed E-state index contributed by atoms with van der Waals surface area (Å²) < 4.78 is 9.32. The highest BCUT2D eigenvalue weighted by molar-refractivity contribution is 7.26. The van der Waals surface area contributed by atoms with Gasteiger partial charge in [0.25, 0.3) is 0 Å². The van der Waals surface area contributed by atoms with Crippen LogP contribution in [-0.2, 0) is 0 Å². The van der Waals surface area contributed by atoms with Crippen LogP contribution in [0, 0.1) is 0 Å². The van der Waals surface area contributed by atoms with Crippen LogP contribution in [0.1, 0.15) is 0 Å². The van der Waals surface area contributed by atoms with Gasteiger partial charge >= 0.3 is 0 Å². The molecule has 3 heteroatoms. The summed E-state index contributed by atoms with van der Waals surface area (Å²) in [5, 5.41) is 12.2. The first kappa shape index (κ1) is 32.1. The second-order valence-corrected chi connectivity index (χ2v) is 15.9. The molecule has 0 N–H and O–H groups in total. The maximum Gasteiger partial charge on any atom is 0.143 e. The zero-order valence-electron chi connectivity index (χ0n) is 30.8. The number of benzene rings is 10. The predicted octanol–water partition coefficient (Wildman–Crippen LogP) is 16.2. The van der Waals surface area contributed by atoms with E-state index in [2.05, 4.69) is 205 Å². The molecule has 0 radical (unpaired) electrons. The fourth-order valence-corrected chi connectivity index (χ4v) is 10.1. The third-order valence-electron chi connectivity index (χ3n) is 11.7. The minimum atomic E-state index is 0.872. The van der Waals surface area contributed by atoms with Gasteiger partial charge in [-0.25, -0.2) is 0 Å². The van der Waals surface area contributed by atoms with Gasteiger partial charge in [0.2, 0.25) is 0 Å². The van der Waals surface area contributed by atoms with Crippen LogP contribution in [0.25, 0.3) is 96.7 Å². The quantitative estimate of drug-likeness (QED) is 0.163. The van der Waals surface area contributed by atoms with Crippen LogP contribution in [0.15, 0.2) is 205 Å². The Hall–Kier alpha value is -7.20. The van der Waals surface area contributed by atoms with E-state index >= 15 is 0 Å². The molecule has 0 unspecified atom stereocenters. The molecule has 10 aromatic carbocycles. The number of fused-ring (bicyclic) bond motifs is 11. The van der Waals surface area contributed by atoms with Gasteiger partial charge in [0.05, 0.1) is 11.1 Å². The molecular weight excluding hydrogens is 711 g/mol. The first-order valence-corrected chi connectivity index (χ1v) is 20.2. The highest BCUT2D eigenvalue weighted by Crippen LogP contribution is 2.46. The van der Waals surface area contributed by atoms with Crippen LogP contribution in [0.3, 0.4) is 0 Å². The summed E-state index contributed by atoms with van der Waals surface area (Å²) in [6.45, 7) is 0. The van der Waals surface area contributed by atoms with E-state index in [1.165, 1.54) is 69.4 Å². The van der Waals surface area contributed by atoms with Gasteiger partial charge in [-0.05, 0) is 104 Å². The van der Waals surface area contributed by atoms with Gasteiger partial charge in [-0.3, -0.25) is 0 Å². The van der Waals surface area contributed by atoms with E-state index in [4.69, 9.17) is 4.42 Å². The first-order valence-electron chi connectivity index (χ1n) is 19.4. The Bertz CT molecular complexity index is 3520. The summed E-state index contributed by atoms with van der Waals surface area (Å²) in [6, 6.07) is 72.7. The first-order chi connectivity index (χ1) is 28.2. The Morgan fingerprint density at radius 1 is 0.386 bits per heavy atom. The van der Waals surface area contributed by atoms with Crippen molar-refractivity contribution < 1.29 is 4.42 Å². The number of thiophene rings is 1. The lowest BCUT2D eigenvalue weighted by molar-refractivity contribution is 0.672. The number of furan rings is 1. The monoisotopic (exact) mass is 743 g/mol. The zero-order chi connectivity index (χ0) is 37.5. The van der Waals surface area contributed by atoms with Gasteiger partial charge < -0.3 is 9.32 Å². The molecule has 0 fully saturated rings. The van der Waals surface area contributed by atoms with E-state index < -0.39 is 0 Å². The van der Waals surface area contributed by atoms with Crippen LogP contribution in [0.5, 0.6) is 0 Å². The molecule has 2 heterocycles.